The van der Waals surface area contributed by atoms with Gasteiger partial charge in [0, 0.05) is 0 Å². The van der Waals surface area contributed by atoms with Crippen molar-refractivity contribution >= 4 is 23.8 Å². The maximum atomic E-state index is 12.0. The SMILES string of the molecule is NCCCCC(NC(=O)C(CO)NC(=O)C(N)CC(=O)O)C(=O)O. The van der Waals surface area contributed by atoms with Gasteiger partial charge in [0.15, 0.2) is 0 Å². The first-order valence-electron chi connectivity index (χ1n) is 7.34. The number of carboxylic acid groups (broad SMARTS) is 2. The minimum atomic E-state index is -1.44. The third kappa shape index (κ3) is 8.41. The molecule has 0 aliphatic heterocycles. The summed E-state index contributed by atoms with van der Waals surface area (Å²) in [4.78, 5) is 45.2. The summed E-state index contributed by atoms with van der Waals surface area (Å²) in [5.41, 5.74) is 10.7. The third-order valence-electron chi connectivity index (χ3n) is 3.11. The molecule has 0 aromatic carbocycles. The van der Waals surface area contributed by atoms with Crippen LogP contribution in [0.2, 0.25) is 0 Å². The molecule has 0 aromatic rings. The molecule has 0 rings (SSSR count). The normalized spacial score (nSPS) is 14.3. The zero-order valence-corrected chi connectivity index (χ0v) is 13.1. The standard InChI is InChI=1S/C13H24N4O7/c14-4-2-1-3-8(13(23)24)16-12(22)9(6-18)17-11(21)7(15)5-10(19)20/h7-9,18H,1-6,14-15H2,(H,16,22)(H,17,21)(H,19,20)(H,23,24). The topological polar surface area (TPSA) is 205 Å². The molecule has 11 heteroatoms. The van der Waals surface area contributed by atoms with Gasteiger partial charge in [0.2, 0.25) is 11.8 Å². The Bertz CT molecular complexity index is 458. The van der Waals surface area contributed by atoms with E-state index in [4.69, 9.17) is 21.7 Å². The van der Waals surface area contributed by atoms with E-state index in [-0.39, 0.29) is 6.42 Å². The second kappa shape index (κ2) is 11.3. The van der Waals surface area contributed by atoms with Crippen molar-refractivity contribution in [3.05, 3.63) is 0 Å². The summed E-state index contributed by atoms with van der Waals surface area (Å²) in [5, 5.41) is 31.1. The average Bonchev–Trinajstić information content (AvgIpc) is 2.50. The summed E-state index contributed by atoms with van der Waals surface area (Å²) in [5.74, 6) is -4.41. The van der Waals surface area contributed by atoms with E-state index in [1.807, 2.05) is 0 Å². The number of unbranched alkanes of at least 4 members (excludes halogenated alkanes) is 1. The first-order chi connectivity index (χ1) is 11.2. The highest BCUT2D eigenvalue weighted by Crippen LogP contribution is 2.02. The molecule has 11 nitrogen and oxygen atoms in total. The number of carboxylic acids is 2. The number of aliphatic carboxylic acids is 2. The Balaban J connectivity index is 4.67. The van der Waals surface area contributed by atoms with Crippen LogP contribution in [0, 0.1) is 0 Å². The lowest BCUT2D eigenvalue weighted by Crippen LogP contribution is -2.56. The van der Waals surface area contributed by atoms with E-state index in [2.05, 4.69) is 10.6 Å². The Morgan fingerprint density at radius 1 is 0.958 bits per heavy atom. The van der Waals surface area contributed by atoms with Gasteiger partial charge in [-0.15, -0.1) is 0 Å². The maximum Gasteiger partial charge on any atom is 0.326 e. The van der Waals surface area contributed by atoms with Crippen LogP contribution >= 0.6 is 0 Å². The van der Waals surface area contributed by atoms with Crippen molar-refractivity contribution in [2.75, 3.05) is 13.2 Å². The first kappa shape index (κ1) is 21.8. The Morgan fingerprint density at radius 3 is 2.00 bits per heavy atom. The molecule has 0 aromatic heterocycles. The van der Waals surface area contributed by atoms with E-state index in [0.29, 0.717) is 19.4 Å². The minimum Gasteiger partial charge on any atom is -0.481 e. The van der Waals surface area contributed by atoms with Gasteiger partial charge in [-0.2, -0.15) is 0 Å². The van der Waals surface area contributed by atoms with Crippen LogP contribution in [0.1, 0.15) is 25.7 Å². The molecule has 24 heavy (non-hydrogen) atoms. The third-order valence-corrected chi connectivity index (χ3v) is 3.11. The van der Waals surface area contributed by atoms with Crippen LogP contribution in [0.5, 0.6) is 0 Å². The van der Waals surface area contributed by atoms with Crippen LogP contribution in [-0.2, 0) is 19.2 Å². The molecule has 0 heterocycles. The highest BCUT2D eigenvalue weighted by atomic mass is 16.4. The van der Waals surface area contributed by atoms with Crippen LogP contribution in [0.3, 0.4) is 0 Å². The molecule has 3 unspecified atom stereocenters. The molecular weight excluding hydrogens is 324 g/mol. The van der Waals surface area contributed by atoms with Gasteiger partial charge in [-0.25, -0.2) is 4.79 Å². The highest BCUT2D eigenvalue weighted by Gasteiger charge is 2.27. The number of aliphatic hydroxyl groups is 1. The smallest absolute Gasteiger partial charge is 0.326 e. The predicted molar refractivity (Wildman–Crippen MR) is 81.7 cm³/mol. The van der Waals surface area contributed by atoms with Crippen molar-refractivity contribution in [3.8, 4) is 0 Å². The van der Waals surface area contributed by atoms with Gasteiger partial charge in [0.25, 0.3) is 0 Å². The quantitative estimate of drug-likeness (QED) is 0.179. The fraction of sp³-hybridized carbons (Fsp3) is 0.692. The summed E-state index contributed by atoms with van der Waals surface area (Å²) < 4.78 is 0. The first-order valence-corrected chi connectivity index (χ1v) is 7.34. The van der Waals surface area contributed by atoms with Crippen molar-refractivity contribution < 1.29 is 34.5 Å². The molecule has 0 spiro atoms. The van der Waals surface area contributed by atoms with E-state index < -0.39 is 54.9 Å². The van der Waals surface area contributed by atoms with Crippen molar-refractivity contribution in [1.82, 2.24) is 10.6 Å². The van der Waals surface area contributed by atoms with Gasteiger partial charge < -0.3 is 37.4 Å². The Morgan fingerprint density at radius 2 is 1.54 bits per heavy atom. The number of hydrogen-bond acceptors (Lipinski definition) is 7. The summed E-state index contributed by atoms with van der Waals surface area (Å²) in [6.45, 7) is -0.413. The van der Waals surface area contributed by atoms with Crippen molar-refractivity contribution in [2.45, 2.75) is 43.8 Å². The lowest BCUT2D eigenvalue weighted by molar-refractivity contribution is -0.143. The molecule has 0 bridgehead atoms. The Labute approximate surface area is 138 Å². The molecule has 0 saturated carbocycles. The van der Waals surface area contributed by atoms with Crippen LogP contribution in [-0.4, -0.2) is 70.3 Å². The molecule has 0 radical (unpaired) electrons. The number of aliphatic hydroxyl groups excluding tert-OH is 1. The van der Waals surface area contributed by atoms with E-state index in [1.165, 1.54) is 0 Å². The van der Waals surface area contributed by atoms with Crippen LogP contribution in [0.4, 0.5) is 0 Å². The number of carbonyl (C=O) groups excluding carboxylic acids is 2. The zero-order chi connectivity index (χ0) is 18.7. The molecule has 0 aliphatic carbocycles. The number of amides is 2. The number of hydrogen-bond donors (Lipinski definition) is 7. The van der Waals surface area contributed by atoms with E-state index >= 15 is 0 Å². The van der Waals surface area contributed by atoms with E-state index in [1.54, 1.807) is 0 Å². The predicted octanol–water partition coefficient (Wildman–Crippen LogP) is -3.04. The average molecular weight is 348 g/mol. The number of nitrogens with one attached hydrogen (secondary N) is 2. The van der Waals surface area contributed by atoms with Gasteiger partial charge in [0.1, 0.15) is 12.1 Å². The number of nitrogens with two attached hydrogens (primary N) is 2. The fourth-order valence-corrected chi connectivity index (χ4v) is 1.78. The summed E-state index contributed by atoms with van der Waals surface area (Å²) >= 11 is 0. The summed E-state index contributed by atoms with van der Waals surface area (Å²) in [7, 11) is 0. The molecule has 9 N–H and O–H groups in total. The van der Waals surface area contributed by atoms with Crippen LogP contribution in [0.25, 0.3) is 0 Å². The lowest BCUT2D eigenvalue weighted by Gasteiger charge is -2.21. The zero-order valence-electron chi connectivity index (χ0n) is 13.1. The lowest BCUT2D eigenvalue weighted by atomic mass is 10.1. The molecule has 0 fully saturated rings. The summed E-state index contributed by atoms with van der Waals surface area (Å²) in [6, 6.07) is -4.03. The second-order valence-electron chi connectivity index (χ2n) is 5.13. The Kier molecular flexibility index (Phi) is 10.3. The van der Waals surface area contributed by atoms with E-state index in [0.717, 1.165) is 0 Å². The monoisotopic (exact) mass is 348 g/mol. The minimum absolute atomic E-state index is 0.142. The van der Waals surface area contributed by atoms with Crippen LogP contribution in [0.15, 0.2) is 0 Å². The van der Waals surface area contributed by atoms with Gasteiger partial charge in [0.05, 0.1) is 19.1 Å². The molecule has 0 saturated heterocycles. The number of carbonyl (C=O) groups is 4. The van der Waals surface area contributed by atoms with Crippen molar-refractivity contribution in [3.63, 3.8) is 0 Å². The van der Waals surface area contributed by atoms with Crippen molar-refractivity contribution in [2.24, 2.45) is 11.5 Å². The molecular formula is C13H24N4O7. The maximum absolute atomic E-state index is 12.0. The molecule has 3 atom stereocenters. The van der Waals surface area contributed by atoms with Gasteiger partial charge in [-0.3, -0.25) is 14.4 Å². The van der Waals surface area contributed by atoms with Crippen LogP contribution < -0.4 is 22.1 Å². The van der Waals surface area contributed by atoms with Gasteiger partial charge in [-0.05, 0) is 25.8 Å². The number of rotatable bonds is 12. The van der Waals surface area contributed by atoms with Crippen molar-refractivity contribution in [1.29, 1.82) is 0 Å². The molecule has 2 amide bonds. The highest BCUT2D eigenvalue weighted by molar-refractivity contribution is 5.92. The molecule has 138 valence electrons. The Hall–Kier alpha value is -2.24. The van der Waals surface area contributed by atoms with E-state index in [9.17, 15) is 24.3 Å². The fourth-order valence-electron chi connectivity index (χ4n) is 1.78. The largest absolute Gasteiger partial charge is 0.481 e. The van der Waals surface area contributed by atoms with Gasteiger partial charge in [-0.1, -0.05) is 0 Å². The molecule has 0 aliphatic rings. The summed E-state index contributed by atoms with van der Waals surface area (Å²) in [6.07, 6.45) is 0.558. The van der Waals surface area contributed by atoms with Gasteiger partial charge >= 0.3 is 11.9 Å². The second-order valence-corrected chi connectivity index (χ2v) is 5.13.